The molecule has 0 radical (unpaired) electrons. The molecule has 0 bridgehead atoms. The van der Waals surface area contributed by atoms with Crippen molar-refractivity contribution in [2.24, 2.45) is 0 Å². The number of H-pyrrole nitrogens is 1. The summed E-state index contributed by atoms with van der Waals surface area (Å²) in [5, 5.41) is 0. The topological polar surface area (TPSA) is 46.0 Å². The van der Waals surface area contributed by atoms with E-state index >= 15 is 0 Å². The second-order valence-electron chi connectivity index (χ2n) is 4.86. The van der Waals surface area contributed by atoms with Gasteiger partial charge in [-0.15, -0.1) is 0 Å². The zero-order chi connectivity index (χ0) is 14.1. The maximum atomic E-state index is 11.2. The summed E-state index contributed by atoms with van der Waals surface area (Å²) >= 11 is 0. The van der Waals surface area contributed by atoms with Crippen LogP contribution in [0.5, 0.6) is 0 Å². The lowest BCUT2D eigenvalue weighted by Gasteiger charge is -2.02. The summed E-state index contributed by atoms with van der Waals surface area (Å²) in [5.74, 6) is 1.13. The lowest BCUT2D eigenvalue weighted by atomic mass is 10.1. The van der Waals surface area contributed by atoms with Crippen LogP contribution in [0.4, 0.5) is 0 Å². The van der Waals surface area contributed by atoms with E-state index in [4.69, 9.17) is 0 Å². The molecule has 0 aliphatic heterocycles. The Balaban J connectivity index is 2.53. The Labute approximate surface area is 116 Å². The van der Waals surface area contributed by atoms with Gasteiger partial charge in [-0.1, -0.05) is 26.2 Å². The highest BCUT2D eigenvalue weighted by Gasteiger charge is 2.16. The fourth-order valence-corrected chi connectivity index (χ4v) is 2.36. The number of unbranched alkanes of at least 4 members (excludes halogenated alkanes) is 3. The number of carbonyl (C=O) groups excluding carboxylic acids is 1. The highest BCUT2D eigenvalue weighted by molar-refractivity contribution is 5.69. The van der Waals surface area contributed by atoms with Gasteiger partial charge in [0, 0.05) is 12.8 Å². The van der Waals surface area contributed by atoms with Crippen molar-refractivity contribution in [2.45, 2.75) is 65.3 Å². The van der Waals surface area contributed by atoms with E-state index < -0.39 is 0 Å². The molecule has 1 aromatic rings. The zero-order valence-corrected chi connectivity index (χ0v) is 12.5. The van der Waals surface area contributed by atoms with Gasteiger partial charge in [-0.25, -0.2) is 9.55 Å². The van der Waals surface area contributed by atoms with Crippen molar-refractivity contribution in [3.05, 3.63) is 17.7 Å². The average Bonchev–Trinajstić information content (AvgIpc) is 2.83. The molecule has 0 atom stereocenters. The van der Waals surface area contributed by atoms with Crippen LogP contribution >= 0.6 is 0 Å². The van der Waals surface area contributed by atoms with Gasteiger partial charge in [0.2, 0.25) is 0 Å². The van der Waals surface area contributed by atoms with Gasteiger partial charge >= 0.3 is 5.97 Å². The van der Waals surface area contributed by atoms with Crippen molar-refractivity contribution in [1.82, 2.24) is 4.98 Å². The van der Waals surface area contributed by atoms with Crippen LogP contribution in [0.2, 0.25) is 0 Å². The summed E-state index contributed by atoms with van der Waals surface area (Å²) in [7, 11) is 1.44. The number of aryl methyl sites for hydroxylation is 2. The number of ether oxygens (including phenoxy) is 1. The Morgan fingerprint density at radius 2 is 2.05 bits per heavy atom. The Kier molecular flexibility index (Phi) is 7.23. The molecular formula is C15H27N2O2+. The third kappa shape index (κ3) is 5.05. The van der Waals surface area contributed by atoms with E-state index in [9.17, 15) is 4.79 Å². The Hall–Kier alpha value is -1.32. The van der Waals surface area contributed by atoms with Crippen molar-refractivity contribution in [2.75, 3.05) is 7.11 Å². The summed E-state index contributed by atoms with van der Waals surface area (Å²) < 4.78 is 6.97. The van der Waals surface area contributed by atoms with Gasteiger partial charge in [-0.05, 0) is 13.3 Å². The minimum Gasteiger partial charge on any atom is -0.469 e. The number of nitrogens with one attached hydrogen (secondary N) is 1. The van der Waals surface area contributed by atoms with Crippen molar-refractivity contribution in [3.63, 3.8) is 0 Å². The minimum atomic E-state index is -0.145. The number of hydrogen-bond donors (Lipinski definition) is 1. The highest BCUT2D eigenvalue weighted by Crippen LogP contribution is 2.06. The van der Waals surface area contributed by atoms with Crippen LogP contribution in [-0.4, -0.2) is 18.1 Å². The van der Waals surface area contributed by atoms with Gasteiger partial charge in [-0.2, -0.15) is 0 Å². The van der Waals surface area contributed by atoms with Crippen molar-refractivity contribution in [1.29, 1.82) is 0 Å². The van der Waals surface area contributed by atoms with Crippen molar-refractivity contribution >= 4 is 5.97 Å². The van der Waals surface area contributed by atoms with Crippen LogP contribution in [-0.2, 0) is 28.9 Å². The number of hydrogen-bond acceptors (Lipinski definition) is 2. The minimum absolute atomic E-state index is 0.145. The first-order chi connectivity index (χ1) is 9.22. The number of aromatic nitrogens is 2. The molecule has 108 valence electrons. The highest BCUT2D eigenvalue weighted by atomic mass is 16.5. The smallest absolute Gasteiger partial charge is 0.305 e. The first-order valence-electron chi connectivity index (χ1n) is 7.38. The molecule has 19 heavy (non-hydrogen) atoms. The number of methoxy groups -OCH3 is 1. The van der Waals surface area contributed by atoms with E-state index in [1.807, 2.05) is 6.20 Å². The Bertz CT molecular complexity index is 385. The van der Waals surface area contributed by atoms with E-state index in [2.05, 4.69) is 28.1 Å². The molecular weight excluding hydrogens is 240 g/mol. The number of imidazole rings is 1. The molecule has 1 N–H and O–H groups in total. The summed E-state index contributed by atoms with van der Waals surface area (Å²) in [4.78, 5) is 14.5. The SMILES string of the molecule is CCCCCCc1[nH]cc(CCC(=O)OC)[n+]1CC. The molecule has 0 aromatic carbocycles. The van der Waals surface area contributed by atoms with Crippen LogP contribution in [0.1, 0.15) is 57.5 Å². The van der Waals surface area contributed by atoms with E-state index in [1.54, 1.807) is 0 Å². The largest absolute Gasteiger partial charge is 0.469 e. The number of esters is 1. The van der Waals surface area contributed by atoms with Crippen molar-refractivity contribution in [3.8, 4) is 0 Å². The molecule has 1 heterocycles. The molecule has 0 spiro atoms. The molecule has 4 nitrogen and oxygen atoms in total. The average molecular weight is 267 g/mol. The maximum Gasteiger partial charge on any atom is 0.305 e. The Morgan fingerprint density at radius 3 is 2.68 bits per heavy atom. The Morgan fingerprint density at radius 1 is 1.26 bits per heavy atom. The maximum absolute atomic E-state index is 11.2. The number of carbonyl (C=O) groups is 1. The fourth-order valence-electron chi connectivity index (χ4n) is 2.36. The van der Waals surface area contributed by atoms with E-state index in [0.717, 1.165) is 19.4 Å². The summed E-state index contributed by atoms with van der Waals surface area (Å²) in [6.45, 7) is 5.32. The van der Waals surface area contributed by atoms with Crippen LogP contribution in [0.15, 0.2) is 6.20 Å². The van der Waals surface area contributed by atoms with Gasteiger partial charge in [0.1, 0.15) is 11.9 Å². The van der Waals surface area contributed by atoms with E-state index in [-0.39, 0.29) is 5.97 Å². The normalized spacial score (nSPS) is 10.7. The van der Waals surface area contributed by atoms with Crippen LogP contribution in [0.25, 0.3) is 0 Å². The second kappa shape index (κ2) is 8.73. The summed E-state index contributed by atoms with van der Waals surface area (Å²) in [5.41, 5.74) is 1.19. The molecule has 0 fully saturated rings. The summed E-state index contributed by atoms with van der Waals surface area (Å²) in [6.07, 6.45) is 9.40. The quantitative estimate of drug-likeness (QED) is 0.424. The predicted octanol–water partition coefficient (Wildman–Crippen LogP) is 2.55. The molecule has 0 saturated heterocycles. The molecule has 4 heteroatoms. The van der Waals surface area contributed by atoms with Gasteiger partial charge in [0.25, 0.3) is 5.82 Å². The van der Waals surface area contributed by atoms with E-state index in [0.29, 0.717) is 6.42 Å². The standard InChI is InChI=1S/C15H26N2O2/c1-4-6-7-8-9-14-16-12-13(17(14)5-2)10-11-15(18)19-3/h12H,4-11H2,1-3H3/p+1. The molecule has 0 unspecified atom stereocenters. The summed E-state index contributed by atoms with van der Waals surface area (Å²) in [6, 6.07) is 0. The first kappa shape index (κ1) is 15.7. The first-order valence-corrected chi connectivity index (χ1v) is 7.38. The van der Waals surface area contributed by atoms with Gasteiger partial charge in [-0.3, -0.25) is 4.79 Å². The lowest BCUT2D eigenvalue weighted by molar-refractivity contribution is -0.706. The van der Waals surface area contributed by atoms with Crippen LogP contribution in [0.3, 0.4) is 0 Å². The second-order valence-corrected chi connectivity index (χ2v) is 4.86. The van der Waals surface area contributed by atoms with E-state index in [1.165, 1.54) is 44.3 Å². The molecule has 0 aliphatic carbocycles. The van der Waals surface area contributed by atoms with Crippen LogP contribution in [0, 0.1) is 0 Å². The molecule has 1 aromatic heterocycles. The van der Waals surface area contributed by atoms with Gasteiger partial charge in [0.15, 0.2) is 0 Å². The zero-order valence-electron chi connectivity index (χ0n) is 12.5. The van der Waals surface area contributed by atoms with Gasteiger partial charge < -0.3 is 4.74 Å². The third-order valence-electron chi connectivity index (χ3n) is 3.47. The number of aromatic amines is 1. The number of rotatable bonds is 9. The molecule has 0 saturated carbocycles. The van der Waals surface area contributed by atoms with Gasteiger partial charge in [0.05, 0.1) is 20.1 Å². The fraction of sp³-hybridized carbons (Fsp3) is 0.733. The lowest BCUT2D eigenvalue weighted by Crippen LogP contribution is -2.39. The molecule has 1 rings (SSSR count). The molecule has 0 aliphatic rings. The monoisotopic (exact) mass is 267 g/mol. The molecule has 0 amide bonds. The third-order valence-corrected chi connectivity index (χ3v) is 3.47. The number of nitrogens with zero attached hydrogens (tertiary/aromatic N) is 1. The van der Waals surface area contributed by atoms with Crippen molar-refractivity contribution < 1.29 is 14.1 Å². The van der Waals surface area contributed by atoms with Crippen LogP contribution < -0.4 is 4.57 Å². The predicted molar refractivity (Wildman–Crippen MR) is 74.8 cm³/mol.